The van der Waals surface area contributed by atoms with E-state index in [1.165, 1.54) is 6.20 Å². The van der Waals surface area contributed by atoms with Crippen molar-refractivity contribution in [1.82, 2.24) is 35.4 Å². The lowest BCUT2D eigenvalue weighted by molar-refractivity contribution is -0.128. The van der Waals surface area contributed by atoms with Crippen LogP contribution in [0.1, 0.15) is 53.1 Å². The van der Waals surface area contributed by atoms with E-state index in [1.807, 2.05) is 13.8 Å². The van der Waals surface area contributed by atoms with Crippen LogP contribution < -0.4 is 5.32 Å². The average Bonchev–Trinajstić information content (AvgIpc) is 3.35. The minimum atomic E-state index is -0.337. The molecule has 29 heavy (non-hydrogen) atoms. The molecule has 2 fully saturated rings. The summed E-state index contributed by atoms with van der Waals surface area (Å²) in [4.78, 5) is 40.2. The van der Waals surface area contributed by atoms with E-state index >= 15 is 0 Å². The van der Waals surface area contributed by atoms with Gasteiger partial charge in [-0.1, -0.05) is 0 Å². The molecule has 2 amide bonds. The quantitative estimate of drug-likeness (QED) is 0.775. The molecule has 4 rings (SSSR count). The lowest BCUT2D eigenvalue weighted by atomic mass is 9.99. The molecule has 0 saturated carbocycles. The van der Waals surface area contributed by atoms with E-state index in [2.05, 4.69) is 30.5 Å². The number of rotatable bonds is 4. The van der Waals surface area contributed by atoms with E-state index in [0.29, 0.717) is 37.8 Å². The van der Waals surface area contributed by atoms with Crippen molar-refractivity contribution in [3.63, 3.8) is 0 Å². The summed E-state index contributed by atoms with van der Waals surface area (Å²) in [5.41, 5.74) is 1.01. The Kier molecular flexibility index (Phi) is 5.52. The first-order chi connectivity index (χ1) is 14.0. The zero-order chi connectivity index (χ0) is 20.4. The Balaban J connectivity index is 1.52. The summed E-state index contributed by atoms with van der Waals surface area (Å²) in [5, 5.41) is 10.2. The molecule has 2 N–H and O–H groups in total. The van der Waals surface area contributed by atoms with E-state index in [9.17, 15) is 9.59 Å². The first kappa shape index (κ1) is 19.4. The predicted molar refractivity (Wildman–Crippen MR) is 102 cm³/mol. The maximum absolute atomic E-state index is 13.1. The molecule has 2 atom stereocenters. The molecule has 0 aliphatic carbocycles. The van der Waals surface area contributed by atoms with Gasteiger partial charge in [0.05, 0.1) is 17.9 Å². The Morgan fingerprint density at radius 2 is 2.00 bits per heavy atom. The summed E-state index contributed by atoms with van der Waals surface area (Å²) in [6.45, 7) is 5.23. The largest absolute Gasteiger partial charge is 0.381 e. The average molecular weight is 399 g/mol. The number of nitrogens with zero attached hydrogens (tertiary/aromatic N) is 5. The van der Waals surface area contributed by atoms with E-state index in [4.69, 9.17) is 4.74 Å². The number of hydrogen-bond donors (Lipinski definition) is 2. The molecule has 0 radical (unpaired) electrons. The first-order valence-electron chi connectivity index (χ1n) is 9.88. The number of carbonyl (C=O) groups is 2. The number of aryl methyl sites for hydroxylation is 2. The Bertz CT molecular complexity index is 876. The fourth-order valence-corrected chi connectivity index (χ4v) is 3.85. The lowest BCUT2D eigenvalue weighted by Crippen LogP contribution is -2.42. The number of likely N-dealkylation sites (tertiary alicyclic amines) is 1. The Labute approximate surface area is 168 Å². The van der Waals surface area contributed by atoms with Crippen LogP contribution in [-0.4, -0.2) is 67.7 Å². The zero-order valence-electron chi connectivity index (χ0n) is 16.6. The van der Waals surface area contributed by atoms with Gasteiger partial charge < -0.3 is 15.0 Å². The van der Waals surface area contributed by atoms with Crippen LogP contribution >= 0.6 is 0 Å². The van der Waals surface area contributed by atoms with Crippen LogP contribution in [0.25, 0.3) is 0 Å². The van der Waals surface area contributed by atoms with Gasteiger partial charge in [-0.15, -0.1) is 0 Å². The summed E-state index contributed by atoms with van der Waals surface area (Å²) in [7, 11) is 0. The molecule has 0 unspecified atom stereocenters. The second kappa shape index (κ2) is 8.24. The maximum atomic E-state index is 13.1. The third kappa shape index (κ3) is 4.26. The van der Waals surface area contributed by atoms with Crippen molar-refractivity contribution >= 4 is 11.8 Å². The van der Waals surface area contributed by atoms with Crippen LogP contribution in [0.3, 0.4) is 0 Å². The summed E-state index contributed by atoms with van der Waals surface area (Å²) in [5.74, 6) is 0.956. The number of ether oxygens (including phenoxy) is 1. The van der Waals surface area contributed by atoms with Crippen LogP contribution in [0.5, 0.6) is 0 Å². The van der Waals surface area contributed by atoms with Gasteiger partial charge in [0.2, 0.25) is 5.91 Å². The second-order valence-electron chi connectivity index (χ2n) is 7.62. The molecule has 2 aromatic rings. The minimum absolute atomic E-state index is 0.0210. The predicted octanol–water partition coefficient (Wildman–Crippen LogP) is 0.710. The molecular formula is C19H25N7O3. The molecule has 0 bridgehead atoms. The molecule has 154 valence electrons. The van der Waals surface area contributed by atoms with Gasteiger partial charge in [-0.05, 0) is 33.1 Å². The summed E-state index contributed by atoms with van der Waals surface area (Å²) in [6, 6.07) is -0.507. The number of amides is 2. The Morgan fingerprint density at radius 1 is 1.21 bits per heavy atom. The highest BCUT2D eigenvalue weighted by molar-refractivity contribution is 5.92. The van der Waals surface area contributed by atoms with Gasteiger partial charge in [0.25, 0.3) is 5.91 Å². The maximum Gasteiger partial charge on any atom is 0.274 e. The van der Waals surface area contributed by atoms with Gasteiger partial charge in [0, 0.05) is 37.9 Å². The Morgan fingerprint density at radius 3 is 2.66 bits per heavy atom. The van der Waals surface area contributed by atoms with Crippen molar-refractivity contribution in [3.8, 4) is 0 Å². The highest BCUT2D eigenvalue weighted by Gasteiger charge is 2.40. The number of carbonyl (C=O) groups excluding carboxylic acids is 2. The van der Waals surface area contributed by atoms with Crippen molar-refractivity contribution < 1.29 is 14.3 Å². The van der Waals surface area contributed by atoms with Gasteiger partial charge in [0.15, 0.2) is 5.82 Å². The molecule has 10 nitrogen and oxygen atoms in total. The molecular weight excluding hydrogens is 374 g/mol. The van der Waals surface area contributed by atoms with Gasteiger partial charge in [0.1, 0.15) is 11.5 Å². The van der Waals surface area contributed by atoms with Crippen LogP contribution in [0, 0.1) is 19.8 Å². The standard InChI is InChI=1S/C19H25N7O3/c1-11-8-21-15(9-20-11)19(28)26-10-14(7-16(26)17-22-12(2)24-25-17)23-18(27)13-3-5-29-6-4-13/h8-9,13-14,16H,3-7,10H2,1-2H3,(H,23,27)(H,22,24,25)/t14-,16-/m0/s1. The molecule has 2 aliphatic rings. The monoisotopic (exact) mass is 399 g/mol. The lowest BCUT2D eigenvalue weighted by Gasteiger charge is -2.23. The second-order valence-corrected chi connectivity index (χ2v) is 7.62. The minimum Gasteiger partial charge on any atom is -0.381 e. The van der Waals surface area contributed by atoms with Crippen LogP contribution in [0.2, 0.25) is 0 Å². The van der Waals surface area contributed by atoms with E-state index in [1.54, 1.807) is 11.1 Å². The number of aromatic nitrogens is 5. The van der Waals surface area contributed by atoms with Crippen molar-refractivity contribution in [3.05, 3.63) is 35.4 Å². The summed E-state index contributed by atoms with van der Waals surface area (Å²) in [6.07, 6.45) is 5.05. The fraction of sp³-hybridized carbons (Fsp3) is 0.579. The molecule has 4 heterocycles. The van der Waals surface area contributed by atoms with Crippen molar-refractivity contribution in [2.45, 2.75) is 45.2 Å². The zero-order valence-corrected chi connectivity index (χ0v) is 16.6. The topological polar surface area (TPSA) is 126 Å². The van der Waals surface area contributed by atoms with Crippen LogP contribution in [0.4, 0.5) is 0 Å². The van der Waals surface area contributed by atoms with Gasteiger partial charge in [-0.3, -0.25) is 19.7 Å². The SMILES string of the molecule is Cc1cnc(C(=O)N2C[C@@H](NC(=O)C3CCOCC3)C[C@H]2c2n[nH]c(C)n2)cn1. The Hall–Kier alpha value is -2.88. The molecule has 2 saturated heterocycles. The number of H-pyrrole nitrogens is 1. The fourth-order valence-electron chi connectivity index (χ4n) is 3.85. The molecule has 2 aliphatic heterocycles. The number of aromatic amines is 1. The number of hydrogen-bond acceptors (Lipinski definition) is 7. The smallest absolute Gasteiger partial charge is 0.274 e. The highest BCUT2D eigenvalue weighted by atomic mass is 16.5. The molecule has 10 heteroatoms. The first-order valence-corrected chi connectivity index (χ1v) is 9.88. The van der Waals surface area contributed by atoms with Crippen molar-refractivity contribution in [2.75, 3.05) is 19.8 Å². The van der Waals surface area contributed by atoms with Crippen molar-refractivity contribution in [2.24, 2.45) is 5.92 Å². The molecule has 0 aromatic carbocycles. The summed E-state index contributed by atoms with van der Waals surface area (Å²) < 4.78 is 5.34. The van der Waals surface area contributed by atoms with E-state index in [-0.39, 0.29) is 35.5 Å². The van der Waals surface area contributed by atoms with Crippen molar-refractivity contribution in [1.29, 1.82) is 0 Å². The third-order valence-corrected chi connectivity index (χ3v) is 5.41. The van der Waals surface area contributed by atoms with Gasteiger partial charge in [-0.25, -0.2) is 9.97 Å². The van der Waals surface area contributed by atoms with Crippen LogP contribution in [0.15, 0.2) is 12.4 Å². The highest BCUT2D eigenvalue weighted by Crippen LogP contribution is 2.31. The number of nitrogens with one attached hydrogen (secondary N) is 2. The van der Waals surface area contributed by atoms with E-state index in [0.717, 1.165) is 18.5 Å². The van der Waals surface area contributed by atoms with Gasteiger partial charge >= 0.3 is 0 Å². The van der Waals surface area contributed by atoms with Gasteiger partial charge in [-0.2, -0.15) is 5.10 Å². The normalized spacial score (nSPS) is 22.6. The molecule has 2 aromatic heterocycles. The van der Waals surface area contributed by atoms with E-state index < -0.39 is 0 Å². The molecule has 0 spiro atoms. The summed E-state index contributed by atoms with van der Waals surface area (Å²) >= 11 is 0. The van der Waals surface area contributed by atoms with Crippen LogP contribution in [-0.2, 0) is 9.53 Å². The third-order valence-electron chi connectivity index (χ3n) is 5.41.